The van der Waals surface area contributed by atoms with Crippen LogP contribution in [0.25, 0.3) is 10.9 Å². The number of nitrogens with one attached hydrogen (secondary N) is 1. The van der Waals surface area contributed by atoms with Gasteiger partial charge in [-0.1, -0.05) is 39.0 Å². The van der Waals surface area contributed by atoms with Gasteiger partial charge in [0.2, 0.25) is 0 Å². The number of nitrogens with two attached hydrogens (primary N) is 1. The van der Waals surface area contributed by atoms with Crippen LogP contribution in [-0.4, -0.2) is 51.8 Å². The Morgan fingerprint density at radius 1 is 1.05 bits per heavy atom. The number of amides is 3. The van der Waals surface area contributed by atoms with Gasteiger partial charge < -0.3 is 21.1 Å². The average molecular weight is 543 g/mol. The molecule has 8 nitrogen and oxygen atoms in total. The molecule has 1 aliphatic heterocycles. The van der Waals surface area contributed by atoms with Crippen molar-refractivity contribution >= 4 is 41.0 Å². The van der Waals surface area contributed by atoms with E-state index in [2.05, 4.69) is 10.3 Å². The topological polar surface area (TPSA) is 126 Å². The third kappa shape index (κ3) is 6.05. The minimum atomic E-state index is -0.883. The van der Waals surface area contributed by atoms with Crippen LogP contribution in [0.1, 0.15) is 72.0 Å². The first kappa shape index (κ1) is 28.8. The van der Waals surface area contributed by atoms with E-state index in [-0.39, 0.29) is 40.9 Å². The van der Waals surface area contributed by atoms with Crippen LogP contribution in [0.15, 0.2) is 42.5 Å². The van der Waals surface area contributed by atoms with Crippen LogP contribution in [0.4, 0.5) is 9.18 Å². The molecule has 4 N–H and O–H groups in total. The number of phenols is 1. The van der Waals surface area contributed by atoms with Crippen molar-refractivity contribution in [2.45, 2.75) is 51.5 Å². The van der Waals surface area contributed by atoms with Gasteiger partial charge in [0, 0.05) is 46.8 Å². The molecule has 0 radical (unpaired) electrons. The summed E-state index contributed by atoms with van der Waals surface area (Å²) in [6.07, 6.45) is 2.04. The molecule has 2 heterocycles. The summed E-state index contributed by atoms with van der Waals surface area (Å²) in [4.78, 5) is 43.3. The standard InChI is InChI=1S/C28H31FN4O4.ClH/c1-28(2,3)21-11-10-18-15-20(34)22(23(29)24(18)32-21)25(35)16-6-8-17(9-7-16)26(36)31-19-5-4-13-33(14-12-19)27(30)37;/h6-11,15,19,34H,4-5,12-14H2,1-3H3,(H2,30,37)(H,31,36);1H/t19-;/m0./s1. The van der Waals surface area contributed by atoms with Gasteiger partial charge in [0.25, 0.3) is 5.91 Å². The Kier molecular flexibility index (Phi) is 8.61. The van der Waals surface area contributed by atoms with Gasteiger partial charge in [0.1, 0.15) is 16.8 Å². The maximum absolute atomic E-state index is 15.5. The number of halogens is 2. The lowest BCUT2D eigenvalue weighted by Gasteiger charge is -2.19. The Balaban J connectivity index is 0.00000400. The number of rotatable bonds is 4. The van der Waals surface area contributed by atoms with Gasteiger partial charge in [0.15, 0.2) is 11.6 Å². The van der Waals surface area contributed by atoms with Crippen LogP contribution in [-0.2, 0) is 5.41 Å². The molecule has 202 valence electrons. The summed E-state index contributed by atoms with van der Waals surface area (Å²) in [7, 11) is 0. The van der Waals surface area contributed by atoms with Crippen LogP contribution in [0, 0.1) is 5.82 Å². The van der Waals surface area contributed by atoms with E-state index >= 15 is 4.39 Å². The molecule has 0 saturated carbocycles. The van der Waals surface area contributed by atoms with E-state index in [0.717, 1.165) is 12.8 Å². The van der Waals surface area contributed by atoms with E-state index in [0.29, 0.717) is 36.2 Å². The molecule has 10 heteroatoms. The monoisotopic (exact) mass is 542 g/mol. The molecular weight excluding hydrogens is 511 g/mol. The van der Waals surface area contributed by atoms with E-state index in [4.69, 9.17) is 5.73 Å². The van der Waals surface area contributed by atoms with Crippen molar-refractivity contribution in [3.05, 3.63) is 70.7 Å². The second kappa shape index (κ2) is 11.3. The van der Waals surface area contributed by atoms with E-state index < -0.39 is 28.9 Å². The van der Waals surface area contributed by atoms with Gasteiger partial charge in [0.05, 0.1) is 0 Å². The zero-order valence-electron chi connectivity index (χ0n) is 21.6. The van der Waals surface area contributed by atoms with Crippen molar-refractivity contribution in [2.24, 2.45) is 5.73 Å². The first-order valence-corrected chi connectivity index (χ1v) is 12.3. The average Bonchev–Trinajstić information content (AvgIpc) is 3.09. The van der Waals surface area contributed by atoms with Crippen molar-refractivity contribution in [2.75, 3.05) is 13.1 Å². The van der Waals surface area contributed by atoms with Crippen molar-refractivity contribution in [3.63, 3.8) is 0 Å². The van der Waals surface area contributed by atoms with Gasteiger partial charge in [-0.05, 0) is 43.5 Å². The number of fused-ring (bicyclic) bond motifs is 1. The maximum Gasteiger partial charge on any atom is 0.314 e. The number of carbonyl (C=O) groups is 3. The molecule has 0 spiro atoms. The van der Waals surface area contributed by atoms with Crippen molar-refractivity contribution < 1.29 is 23.9 Å². The Hall–Kier alpha value is -3.72. The first-order chi connectivity index (χ1) is 17.5. The van der Waals surface area contributed by atoms with Gasteiger partial charge in [-0.15, -0.1) is 12.4 Å². The van der Waals surface area contributed by atoms with E-state index in [1.165, 1.54) is 30.3 Å². The Morgan fingerprint density at radius 2 is 1.71 bits per heavy atom. The summed E-state index contributed by atoms with van der Waals surface area (Å²) in [5.41, 5.74) is 5.72. The van der Waals surface area contributed by atoms with Crippen LogP contribution in [0.3, 0.4) is 0 Å². The molecule has 4 rings (SSSR count). The number of hydrogen-bond donors (Lipinski definition) is 3. The van der Waals surface area contributed by atoms with Crippen molar-refractivity contribution in [3.8, 4) is 5.75 Å². The highest BCUT2D eigenvalue weighted by atomic mass is 35.5. The number of carbonyl (C=O) groups excluding carboxylic acids is 3. The smallest absolute Gasteiger partial charge is 0.314 e. The number of pyridine rings is 1. The fourth-order valence-corrected chi connectivity index (χ4v) is 4.49. The molecule has 0 unspecified atom stereocenters. The zero-order valence-corrected chi connectivity index (χ0v) is 22.4. The van der Waals surface area contributed by atoms with Crippen LogP contribution in [0.2, 0.25) is 0 Å². The largest absolute Gasteiger partial charge is 0.507 e. The highest BCUT2D eigenvalue weighted by Gasteiger charge is 2.25. The van der Waals surface area contributed by atoms with Crippen LogP contribution in [0.5, 0.6) is 5.75 Å². The predicted octanol–water partition coefficient (Wildman–Crippen LogP) is 4.69. The van der Waals surface area contributed by atoms with Crippen molar-refractivity contribution in [1.29, 1.82) is 0 Å². The molecule has 3 amide bonds. The van der Waals surface area contributed by atoms with Crippen LogP contribution < -0.4 is 11.1 Å². The Labute approximate surface area is 226 Å². The molecule has 3 aromatic rings. The number of hydrogen-bond acceptors (Lipinski definition) is 5. The first-order valence-electron chi connectivity index (χ1n) is 12.3. The Morgan fingerprint density at radius 3 is 2.34 bits per heavy atom. The number of primary amides is 1. The molecule has 1 fully saturated rings. The molecule has 0 aliphatic carbocycles. The number of aromatic hydroxyl groups is 1. The molecule has 1 atom stereocenters. The number of nitrogens with zero attached hydrogens (tertiary/aromatic N) is 2. The fraction of sp³-hybridized carbons (Fsp3) is 0.357. The number of phenolic OH excluding ortho intramolecular Hbond substituents is 1. The zero-order chi connectivity index (χ0) is 26.9. The summed E-state index contributed by atoms with van der Waals surface area (Å²) < 4.78 is 15.5. The van der Waals surface area contributed by atoms with Gasteiger partial charge >= 0.3 is 6.03 Å². The summed E-state index contributed by atoms with van der Waals surface area (Å²) >= 11 is 0. The summed E-state index contributed by atoms with van der Waals surface area (Å²) in [5.74, 6) is -2.37. The van der Waals surface area contributed by atoms with E-state index in [1.54, 1.807) is 17.0 Å². The quantitative estimate of drug-likeness (QED) is 0.412. The number of likely N-dealkylation sites (tertiary alicyclic amines) is 1. The molecule has 38 heavy (non-hydrogen) atoms. The van der Waals surface area contributed by atoms with Gasteiger partial charge in [-0.3, -0.25) is 9.59 Å². The number of benzene rings is 2. The lowest BCUT2D eigenvalue weighted by molar-refractivity contribution is 0.0932. The lowest BCUT2D eigenvalue weighted by atomic mass is 9.91. The highest BCUT2D eigenvalue weighted by molar-refractivity contribution is 6.13. The molecule has 1 aromatic heterocycles. The summed E-state index contributed by atoms with van der Waals surface area (Å²) in [5, 5.41) is 13.8. The fourth-order valence-electron chi connectivity index (χ4n) is 4.49. The Bertz CT molecular complexity index is 1370. The third-order valence-electron chi connectivity index (χ3n) is 6.68. The second-order valence-corrected chi connectivity index (χ2v) is 10.4. The van der Waals surface area contributed by atoms with E-state index in [1.807, 2.05) is 20.8 Å². The third-order valence-corrected chi connectivity index (χ3v) is 6.68. The molecule has 1 aliphatic rings. The number of ketones is 1. The van der Waals surface area contributed by atoms with Gasteiger partial charge in [-0.25, -0.2) is 14.2 Å². The molecule has 0 bridgehead atoms. The summed E-state index contributed by atoms with van der Waals surface area (Å²) in [6, 6.07) is 10.0. The minimum Gasteiger partial charge on any atom is -0.507 e. The van der Waals surface area contributed by atoms with Crippen LogP contribution >= 0.6 is 12.4 Å². The SMILES string of the molecule is CC(C)(C)c1ccc2cc(O)c(C(=O)c3ccc(C(=O)N[C@H]4CCCN(C(N)=O)CC4)cc3)c(F)c2n1.Cl. The maximum atomic E-state index is 15.5. The number of urea groups is 1. The van der Waals surface area contributed by atoms with Gasteiger partial charge in [-0.2, -0.15) is 0 Å². The van der Waals surface area contributed by atoms with E-state index in [9.17, 15) is 19.5 Å². The summed E-state index contributed by atoms with van der Waals surface area (Å²) in [6.45, 7) is 6.89. The molecular formula is C28H32ClFN4O4. The molecule has 2 aromatic carbocycles. The second-order valence-electron chi connectivity index (χ2n) is 10.4. The molecule has 1 saturated heterocycles. The van der Waals surface area contributed by atoms with Crippen molar-refractivity contribution in [1.82, 2.24) is 15.2 Å². The lowest BCUT2D eigenvalue weighted by Crippen LogP contribution is -2.38. The highest BCUT2D eigenvalue weighted by Crippen LogP contribution is 2.32. The normalized spacial score (nSPS) is 15.9. The predicted molar refractivity (Wildman–Crippen MR) is 145 cm³/mol. The minimum absolute atomic E-state index is 0. The number of aromatic nitrogens is 1.